The van der Waals surface area contributed by atoms with E-state index >= 15 is 0 Å². The molecule has 0 heterocycles. The predicted octanol–water partition coefficient (Wildman–Crippen LogP) is 5.19. The molecular formula is C20H28N2. The highest BCUT2D eigenvalue weighted by Crippen LogP contribution is 2.21. The minimum absolute atomic E-state index is 0.539. The van der Waals surface area contributed by atoms with Crippen molar-refractivity contribution in [1.29, 1.82) is 0 Å². The first kappa shape index (κ1) is 15.5. The van der Waals surface area contributed by atoms with Crippen LogP contribution in [0.2, 0.25) is 0 Å². The van der Waals surface area contributed by atoms with Gasteiger partial charge in [-0.15, -0.1) is 0 Å². The maximum atomic E-state index is 4.82. The van der Waals surface area contributed by atoms with Gasteiger partial charge in [0.1, 0.15) is 0 Å². The molecule has 0 bridgehead atoms. The van der Waals surface area contributed by atoms with Crippen LogP contribution >= 0.6 is 0 Å². The van der Waals surface area contributed by atoms with E-state index in [-0.39, 0.29) is 0 Å². The van der Waals surface area contributed by atoms with Gasteiger partial charge in [0, 0.05) is 35.6 Å². The summed E-state index contributed by atoms with van der Waals surface area (Å²) in [4.78, 5) is 9.64. The average Bonchev–Trinajstić information content (AvgIpc) is 2.61. The fraction of sp³-hybridized carbons (Fsp3) is 0.600. The molecule has 2 aliphatic rings. The van der Waals surface area contributed by atoms with Crippen LogP contribution in [0.5, 0.6) is 0 Å². The first-order chi connectivity index (χ1) is 10.9. The van der Waals surface area contributed by atoms with Gasteiger partial charge in [-0.2, -0.15) is 0 Å². The first-order valence-corrected chi connectivity index (χ1v) is 9.07. The van der Waals surface area contributed by atoms with E-state index in [0.29, 0.717) is 12.1 Å². The molecule has 2 aliphatic carbocycles. The summed E-state index contributed by atoms with van der Waals surface area (Å²) in [6.07, 6.45) is 17.3. The van der Waals surface area contributed by atoms with Crippen molar-refractivity contribution >= 4 is 12.4 Å². The molecule has 1 aromatic rings. The van der Waals surface area contributed by atoms with Gasteiger partial charge < -0.3 is 0 Å². The van der Waals surface area contributed by atoms with Crippen LogP contribution in [0, 0.1) is 0 Å². The molecule has 0 saturated heterocycles. The molecule has 0 aromatic heterocycles. The molecular weight excluding hydrogens is 268 g/mol. The lowest BCUT2D eigenvalue weighted by molar-refractivity contribution is 0.444. The minimum Gasteiger partial charge on any atom is -0.289 e. The monoisotopic (exact) mass is 296 g/mol. The van der Waals surface area contributed by atoms with Gasteiger partial charge in [0.25, 0.3) is 0 Å². The molecule has 2 heteroatoms. The molecule has 0 N–H and O–H groups in total. The lowest BCUT2D eigenvalue weighted by atomic mass is 9.96. The van der Waals surface area contributed by atoms with Gasteiger partial charge in [-0.05, 0) is 25.7 Å². The largest absolute Gasteiger partial charge is 0.289 e. The normalized spacial score (nSPS) is 21.8. The SMILES string of the molecule is C(=NC1CCCCC1)c1ccccc1C=NC1CCCCC1. The maximum Gasteiger partial charge on any atom is 0.0499 e. The number of rotatable bonds is 4. The topological polar surface area (TPSA) is 24.7 Å². The molecule has 2 nitrogen and oxygen atoms in total. The van der Waals surface area contributed by atoms with E-state index in [9.17, 15) is 0 Å². The fourth-order valence-corrected chi connectivity index (χ4v) is 3.58. The predicted molar refractivity (Wildman–Crippen MR) is 95.4 cm³/mol. The quantitative estimate of drug-likeness (QED) is 0.683. The van der Waals surface area contributed by atoms with E-state index < -0.39 is 0 Å². The van der Waals surface area contributed by atoms with Crippen molar-refractivity contribution in [3.05, 3.63) is 35.4 Å². The van der Waals surface area contributed by atoms with Crippen molar-refractivity contribution < 1.29 is 0 Å². The molecule has 2 saturated carbocycles. The highest BCUT2D eigenvalue weighted by Gasteiger charge is 2.12. The van der Waals surface area contributed by atoms with Crippen LogP contribution in [0.25, 0.3) is 0 Å². The van der Waals surface area contributed by atoms with Crippen LogP contribution < -0.4 is 0 Å². The molecule has 0 amide bonds. The molecule has 0 unspecified atom stereocenters. The van der Waals surface area contributed by atoms with Crippen molar-refractivity contribution in [2.24, 2.45) is 9.98 Å². The summed E-state index contributed by atoms with van der Waals surface area (Å²) in [6.45, 7) is 0. The zero-order valence-electron chi connectivity index (χ0n) is 13.6. The Hall–Kier alpha value is -1.44. The van der Waals surface area contributed by atoms with Crippen molar-refractivity contribution in [1.82, 2.24) is 0 Å². The van der Waals surface area contributed by atoms with Crippen LogP contribution in [0.15, 0.2) is 34.3 Å². The average molecular weight is 296 g/mol. The smallest absolute Gasteiger partial charge is 0.0499 e. The van der Waals surface area contributed by atoms with Crippen LogP contribution in [0.3, 0.4) is 0 Å². The fourth-order valence-electron chi connectivity index (χ4n) is 3.58. The summed E-state index contributed by atoms with van der Waals surface area (Å²) in [6, 6.07) is 9.60. The first-order valence-electron chi connectivity index (χ1n) is 9.07. The summed E-state index contributed by atoms with van der Waals surface area (Å²) >= 11 is 0. The zero-order chi connectivity index (χ0) is 15.0. The van der Waals surface area contributed by atoms with Gasteiger partial charge >= 0.3 is 0 Å². The summed E-state index contributed by atoms with van der Waals surface area (Å²) in [7, 11) is 0. The van der Waals surface area contributed by atoms with Gasteiger partial charge in [-0.1, -0.05) is 62.8 Å². The number of hydrogen-bond donors (Lipinski definition) is 0. The number of nitrogens with zero attached hydrogens (tertiary/aromatic N) is 2. The lowest BCUT2D eigenvalue weighted by Gasteiger charge is -2.18. The van der Waals surface area contributed by atoms with E-state index in [1.165, 1.54) is 75.3 Å². The van der Waals surface area contributed by atoms with Crippen LogP contribution in [-0.2, 0) is 0 Å². The Morgan fingerprint density at radius 3 is 1.45 bits per heavy atom. The van der Waals surface area contributed by atoms with E-state index in [1.807, 2.05) is 0 Å². The van der Waals surface area contributed by atoms with Crippen LogP contribution in [0.1, 0.15) is 75.3 Å². The second kappa shape index (κ2) is 8.26. The molecule has 3 rings (SSSR count). The zero-order valence-corrected chi connectivity index (χ0v) is 13.6. The summed E-state index contributed by atoms with van der Waals surface area (Å²) in [5.41, 5.74) is 2.43. The van der Waals surface area contributed by atoms with E-state index in [2.05, 4.69) is 36.7 Å². The highest BCUT2D eigenvalue weighted by atomic mass is 14.8. The Labute approximate surface area is 134 Å². The Balaban J connectivity index is 1.66. The molecule has 1 aromatic carbocycles. The Kier molecular flexibility index (Phi) is 5.80. The van der Waals surface area contributed by atoms with E-state index in [1.54, 1.807) is 0 Å². The van der Waals surface area contributed by atoms with Crippen molar-refractivity contribution in [2.45, 2.75) is 76.3 Å². The number of hydrogen-bond acceptors (Lipinski definition) is 2. The van der Waals surface area contributed by atoms with Gasteiger partial charge in [0.15, 0.2) is 0 Å². The van der Waals surface area contributed by atoms with Crippen molar-refractivity contribution in [3.8, 4) is 0 Å². The highest BCUT2D eigenvalue weighted by molar-refractivity contribution is 5.94. The summed E-state index contributed by atoms with van der Waals surface area (Å²) < 4.78 is 0. The Morgan fingerprint density at radius 2 is 1.05 bits per heavy atom. The standard InChI is InChI=1S/C20H28N2/c1-3-11-19(12-4-1)21-15-17-9-7-8-10-18(17)16-22-20-13-5-2-6-14-20/h7-10,15-16,19-20H,1-6,11-14H2. The molecule has 0 aliphatic heterocycles. The molecule has 0 atom stereocenters. The van der Waals surface area contributed by atoms with Gasteiger partial charge in [-0.25, -0.2) is 0 Å². The third kappa shape index (κ3) is 4.53. The minimum atomic E-state index is 0.539. The number of aliphatic imine (C=N–C) groups is 2. The third-order valence-electron chi connectivity index (χ3n) is 4.99. The second-order valence-electron chi connectivity index (χ2n) is 6.77. The van der Waals surface area contributed by atoms with Crippen LogP contribution in [-0.4, -0.2) is 24.5 Å². The molecule has 22 heavy (non-hydrogen) atoms. The number of benzene rings is 1. The molecule has 0 spiro atoms. The van der Waals surface area contributed by atoms with E-state index in [0.717, 1.165) is 0 Å². The molecule has 2 fully saturated rings. The van der Waals surface area contributed by atoms with Crippen molar-refractivity contribution in [3.63, 3.8) is 0 Å². The van der Waals surface area contributed by atoms with Gasteiger partial charge in [0.05, 0.1) is 0 Å². The third-order valence-corrected chi connectivity index (χ3v) is 4.99. The van der Waals surface area contributed by atoms with E-state index in [4.69, 9.17) is 9.98 Å². The molecule has 0 radical (unpaired) electrons. The van der Waals surface area contributed by atoms with Gasteiger partial charge in [0.2, 0.25) is 0 Å². The summed E-state index contributed by atoms with van der Waals surface area (Å²) in [5.74, 6) is 0. The molecule has 118 valence electrons. The second-order valence-corrected chi connectivity index (χ2v) is 6.77. The Morgan fingerprint density at radius 1 is 0.636 bits per heavy atom. The van der Waals surface area contributed by atoms with Crippen LogP contribution in [0.4, 0.5) is 0 Å². The maximum absolute atomic E-state index is 4.82. The lowest BCUT2D eigenvalue weighted by Crippen LogP contribution is -2.10. The van der Waals surface area contributed by atoms with Gasteiger partial charge in [-0.3, -0.25) is 9.98 Å². The Bertz CT molecular complexity index is 459. The van der Waals surface area contributed by atoms with Crippen molar-refractivity contribution in [2.75, 3.05) is 0 Å². The summed E-state index contributed by atoms with van der Waals surface area (Å²) in [5, 5.41) is 0.